The van der Waals surface area contributed by atoms with Crippen LogP contribution in [0.5, 0.6) is 5.75 Å². The van der Waals surface area contributed by atoms with Crippen LogP contribution in [0.15, 0.2) is 36.4 Å². The average molecular weight is 475 g/mol. The number of hydrogen-bond donors (Lipinski definition) is 3. The Kier molecular flexibility index (Phi) is 6.50. The fourth-order valence-electron chi connectivity index (χ4n) is 5.58. The summed E-state index contributed by atoms with van der Waals surface area (Å²) in [7, 11) is 0. The number of amides is 2. The number of carbonyl (C=O) groups is 2. The van der Waals surface area contributed by atoms with E-state index in [2.05, 4.69) is 35.8 Å². The molecule has 0 radical (unpaired) electrons. The van der Waals surface area contributed by atoms with Crippen LogP contribution in [0.3, 0.4) is 0 Å². The highest BCUT2D eigenvalue weighted by Crippen LogP contribution is 2.35. The van der Waals surface area contributed by atoms with Crippen molar-refractivity contribution in [2.45, 2.75) is 76.9 Å². The third-order valence-corrected chi connectivity index (χ3v) is 7.60. The SMILES string of the molecule is CCOc1ccc2cc1CN1C(=N)NC(CCCC(C)c3ccc4c(c3)C(CC4)NC2=O)CC1=O. The molecule has 6 rings (SSSR count). The number of hydrogen-bond acceptors (Lipinski definition) is 4. The molecule has 184 valence electrons. The number of aryl methyl sites for hydroxylation is 1. The molecule has 0 aromatic heterocycles. The highest BCUT2D eigenvalue weighted by atomic mass is 16.5. The van der Waals surface area contributed by atoms with E-state index in [1.54, 1.807) is 18.2 Å². The Labute approximate surface area is 206 Å². The highest BCUT2D eigenvalue weighted by Gasteiger charge is 2.31. The minimum Gasteiger partial charge on any atom is -0.494 e. The van der Waals surface area contributed by atoms with Crippen molar-refractivity contribution in [3.8, 4) is 5.75 Å². The number of ether oxygens (including phenoxy) is 1. The number of guanidine groups is 1. The minimum absolute atomic E-state index is 0.00253. The summed E-state index contributed by atoms with van der Waals surface area (Å²) < 4.78 is 5.79. The first kappa shape index (κ1) is 23.4. The molecule has 1 saturated heterocycles. The summed E-state index contributed by atoms with van der Waals surface area (Å²) in [4.78, 5) is 27.7. The lowest BCUT2D eigenvalue weighted by Crippen LogP contribution is -2.54. The van der Waals surface area contributed by atoms with Gasteiger partial charge in [-0.1, -0.05) is 31.5 Å². The monoisotopic (exact) mass is 474 g/mol. The van der Waals surface area contributed by atoms with Crippen molar-refractivity contribution in [1.82, 2.24) is 15.5 Å². The topological polar surface area (TPSA) is 94.5 Å². The molecule has 3 atom stereocenters. The summed E-state index contributed by atoms with van der Waals surface area (Å²) in [6, 6.07) is 12.1. The number of rotatable bonds is 2. The third kappa shape index (κ3) is 4.77. The van der Waals surface area contributed by atoms with E-state index in [0.717, 1.165) is 37.7 Å². The van der Waals surface area contributed by atoms with Crippen LogP contribution in [0, 0.1) is 5.41 Å². The molecule has 1 fully saturated rings. The van der Waals surface area contributed by atoms with E-state index in [1.807, 2.05) is 6.92 Å². The van der Waals surface area contributed by atoms with E-state index < -0.39 is 0 Å². The smallest absolute Gasteiger partial charge is 0.251 e. The molecule has 2 amide bonds. The van der Waals surface area contributed by atoms with Crippen molar-refractivity contribution in [2.75, 3.05) is 6.61 Å². The molecule has 1 aliphatic carbocycles. The summed E-state index contributed by atoms with van der Waals surface area (Å²) in [5.74, 6) is 0.927. The maximum Gasteiger partial charge on any atom is 0.251 e. The maximum atomic E-state index is 13.3. The summed E-state index contributed by atoms with van der Waals surface area (Å²) in [5, 5.41) is 15.0. The van der Waals surface area contributed by atoms with Gasteiger partial charge in [0.2, 0.25) is 5.91 Å². The predicted molar refractivity (Wildman–Crippen MR) is 135 cm³/mol. The van der Waals surface area contributed by atoms with E-state index in [-0.39, 0.29) is 36.4 Å². The zero-order valence-electron chi connectivity index (χ0n) is 20.5. The van der Waals surface area contributed by atoms with Crippen molar-refractivity contribution < 1.29 is 14.3 Å². The largest absolute Gasteiger partial charge is 0.494 e. The summed E-state index contributed by atoms with van der Waals surface area (Å²) in [6.07, 6.45) is 5.08. The van der Waals surface area contributed by atoms with Gasteiger partial charge in [0.15, 0.2) is 5.96 Å². The van der Waals surface area contributed by atoms with Gasteiger partial charge in [-0.15, -0.1) is 0 Å². The van der Waals surface area contributed by atoms with Crippen LogP contribution in [0.4, 0.5) is 0 Å². The van der Waals surface area contributed by atoms with Crippen molar-refractivity contribution in [1.29, 1.82) is 5.41 Å². The highest BCUT2D eigenvalue weighted by molar-refractivity contribution is 5.98. The Morgan fingerprint density at radius 1 is 1.06 bits per heavy atom. The normalized spacial score (nSPS) is 24.5. The van der Waals surface area contributed by atoms with Crippen LogP contribution in [-0.4, -0.2) is 35.3 Å². The van der Waals surface area contributed by atoms with Crippen LogP contribution >= 0.6 is 0 Å². The summed E-state index contributed by atoms with van der Waals surface area (Å²) in [5.41, 5.74) is 5.10. The fourth-order valence-corrected chi connectivity index (χ4v) is 5.58. The van der Waals surface area contributed by atoms with Crippen LogP contribution in [0.25, 0.3) is 0 Å². The van der Waals surface area contributed by atoms with Gasteiger partial charge in [-0.25, -0.2) is 0 Å². The molecule has 3 heterocycles. The standard InChI is InChI=1S/C28H34N4O3/c1-3-35-25-12-10-20-13-21(25)16-32-26(33)15-22(30-28(32)29)6-4-5-17(2)19-8-7-18-9-11-24(23(18)14-19)31-27(20)34/h7-8,10,12-14,17,22,24H,3-6,9,11,15-16H2,1-2H3,(H2,29,30)(H,31,34). The molecule has 3 N–H and O–H groups in total. The van der Waals surface area contributed by atoms with Gasteiger partial charge in [0, 0.05) is 23.6 Å². The number of fused-ring (bicyclic) bond motifs is 6. The molecule has 2 aromatic rings. The van der Waals surface area contributed by atoms with Crippen LogP contribution in [0.2, 0.25) is 0 Å². The molecule has 2 aromatic carbocycles. The number of nitrogens with zero attached hydrogens (tertiary/aromatic N) is 1. The number of benzene rings is 2. The first-order valence-corrected chi connectivity index (χ1v) is 12.8. The van der Waals surface area contributed by atoms with Gasteiger partial charge in [-0.05, 0) is 73.4 Å². The molecule has 3 unspecified atom stereocenters. The van der Waals surface area contributed by atoms with Crippen molar-refractivity contribution >= 4 is 17.8 Å². The Hall–Kier alpha value is -3.35. The zero-order valence-corrected chi connectivity index (χ0v) is 20.5. The molecular formula is C28H34N4O3. The molecule has 0 spiro atoms. The Morgan fingerprint density at radius 3 is 2.71 bits per heavy atom. The maximum absolute atomic E-state index is 13.3. The van der Waals surface area contributed by atoms with Crippen LogP contribution in [0.1, 0.15) is 90.5 Å². The number of carbonyl (C=O) groups excluding carboxylic acids is 2. The van der Waals surface area contributed by atoms with Crippen molar-refractivity contribution in [3.63, 3.8) is 0 Å². The molecule has 0 saturated carbocycles. The Bertz CT molecular complexity index is 1140. The molecule has 7 heteroatoms. The lowest BCUT2D eigenvalue weighted by Gasteiger charge is -2.34. The van der Waals surface area contributed by atoms with E-state index in [9.17, 15) is 9.59 Å². The zero-order chi connectivity index (χ0) is 24.5. The summed E-state index contributed by atoms with van der Waals surface area (Å²) in [6.45, 7) is 4.82. The second-order valence-electron chi connectivity index (χ2n) is 9.98. The van der Waals surface area contributed by atoms with E-state index in [1.165, 1.54) is 21.6 Å². The average Bonchev–Trinajstić information content (AvgIpc) is 3.23. The first-order valence-electron chi connectivity index (χ1n) is 12.8. The molecule has 7 nitrogen and oxygen atoms in total. The van der Waals surface area contributed by atoms with E-state index in [4.69, 9.17) is 10.1 Å². The Morgan fingerprint density at radius 2 is 1.91 bits per heavy atom. The second-order valence-corrected chi connectivity index (χ2v) is 9.98. The van der Waals surface area contributed by atoms with Gasteiger partial charge in [-0.3, -0.25) is 19.9 Å². The first-order chi connectivity index (χ1) is 16.9. The van der Waals surface area contributed by atoms with E-state index in [0.29, 0.717) is 30.3 Å². The molecule has 6 bridgehead atoms. The molecule has 35 heavy (non-hydrogen) atoms. The van der Waals surface area contributed by atoms with E-state index >= 15 is 0 Å². The summed E-state index contributed by atoms with van der Waals surface area (Å²) >= 11 is 0. The van der Waals surface area contributed by atoms with Crippen molar-refractivity contribution in [2.24, 2.45) is 0 Å². The van der Waals surface area contributed by atoms with Crippen molar-refractivity contribution in [3.05, 3.63) is 64.2 Å². The fraction of sp³-hybridized carbons (Fsp3) is 0.464. The van der Waals surface area contributed by atoms with Gasteiger partial charge >= 0.3 is 0 Å². The van der Waals surface area contributed by atoms with Gasteiger partial charge < -0.3 is 15.4 Å². The van der Waals surface area contributed by atoms with Gasteiger partial charge in [0.1, 0.15) is 5.75 Å². The Balaban J connectivity index is 1.51. The van der Waals surface area contributed by atoms with Gasteiger partial charge in [0.25, 0.3) is 5.91 Å². The van der Waals surface area contributed by atoms with Crippen LogP contribution < -0.4 is 15.4 Å². The van der Waals surface area contributed by atoms with Crippen LogP contribution in [-0.2, 0) is 17.8 Å². The lowest BCUT2D eigenvalue weighted by atomic mass is 9.91. The molecule has 3 aliphatic heterocycles. The minimum atomic E-state index is -0.134. The van der Waals surface area contributed by atoms with Gasteiger partial charge in [-0.2, -0.15) is 0 Å². The molecule has 4 aliphatic rings. The van der Waals surface area contributed by atoms with Gasteiger partial charge in [0.05, 0.1) is 19.2 Å². The quantitative estimate of drug-likeness (QED) is 0.601. The predicted octanol–water partition coefficient (Wildman–Crippen LogP) is 4.42. The lowest BCUT2D eigenvalue weighted by molar-refractivity contribution is -0.129. The second kappa shape index (κ2) is 9.72. The molecular weight excluding hydrogens is 440 g/mol. The number of nitrogens with one attached hydrogen (secondary N) is 3. The third-order valence-electron chi connectivity index (χ3n) is 7.60.